The molecule has 1 unspecified atom stereocenters. The first-order valence-electron chi connectivity index (χ1n) is 7.44. The van der Waals surface area contributed by atoms with Crippen LogP contribution in [-0.4, -0.2) is 37.7 Å². The Balaban J connectivity index is 2.20. The van der Waals surface area contributed by atoms with Crippen molar-refractivity contribution in [3.8, 4) is 0 Å². The predicted molar refractivity (Wildman–Crippen MR) is 92.4 cm³/mol. The molecule has 1 aliphatic heterocycles. The first-order chi connectivity index (χ1) is 10.7. The van der Waals surface area contributed by atoms with Crippen LogP contribution in [-0.2, 0) is 14.0 Å². The fourth-order valence-corrected chi connectivity index (χ4v) is 5.94. The second-order valence-corrected chi connectivity index (χ2v) is 8.48. The Labute approximate surface area is 132 Å². The van der Waals surface area contributed by atoms with Crippen LogP contribution in [0.15, 0.2) is 67.8 Å². The Morgan fingerprint density at radius 1 is 0.955 bits per heavy atom. The third-order valence-corrected chi connectivity index (χ3v) is 7.47. The van der Waals surface area contributed by atoms with E-state index in [2.05, 4.69) is 13.2 Å². The molecule has 0 fully saturated rings. The van der Waals surface area contributed by atoms with Gasteiger partial charge in [0.25, 0.3) is 0 Å². The van der Waals surface area contributed by atoms with Crippen molar-refractivity contribution >= 4 is 12.4 Å². The molecule has 0 aliphatic carbocycles. The molecule has 0 amide bonds. The highest BCUT2D eigenvalue weighted by atomic mass is 31.2. The van der Waals surface area contributed by atoms with Gasteiger partial charge in [-0.2, -0.15) is 0 Å². The maximum atomic E-state index is 13.8. The van der Waals surface area contributed by atoms with E-state index in [-0.39, 0.29) is 11.3 Å². The topological polar surface area (TPSA) is 35.5 Å². The molecule has 0 N–H and O–H groups in total. The van der Waals surface area contributed by atoms with Crippen molar-refractivity contribution in [1.82, 2.24) is 0 Å². The lowest BCUT2D eigenvalue weighted by molar-refractivity contribution is 0.165. The van der Waals surface area contributed by atoms with E-state index >= 15 is 0 Å². The average molecular weight is 318 g/mol. The van der Waals surface area contributed by atoms with Gasteiger partial charge in [-0.05, 0) is 0 Å². The van der Waals surface area contributed by atoms with E-state index in [0.29, 0.717) is 26.4 Å². The highest BCUT2D eigenvalue weighted by Crippen LogP contribution is 2.59. The molecule has 0 spiro atoms. The minimum absolute atomic E-state index is 0.104. The van der Waals surface area contributed by atoms with Gasteiger partial charge in [0.1, 0.15) is 7.14 Å². The summed E-state index contributed by atoms with van der Waals surface area (Å²) in [4.78, 5) is 0. The largest absolute Gasteiger partial charge is 0.376 e. The van der Waals surface area contributed by atoms with E-state index in [1.807, 2.05) is 42.5 Å². The van der Waals surface area contributed by atoms with E-state index < -0.39 is 7.14 Å². The van der Waals surface area contributed by atoms with Gasteiger partial charge in [-0.25, -0.2) is 0 Å². The Morgan fingerprint density at radius 2 is 1.45 bits per heavy atom. The van der Waals surface area contributed by atoms with Gasteiger partial charge in [0.2, 0.25) is 0 Å². The summed E-state index contributed by atoms with van der Waals surface area (Å²) < 4.78 is 24.9. The fourth-order valence-electron chi connectivity index (χ4n) is 2.68. The van der Waals surface area contributed by atoms with Gasteiger partial charge < -0.3 is 14.0 Å². The number of ether oxygens (including phenoxy) is 2. The molecule has 1 aromatic rings. The van der Waals surface area contributed by atoms with Crippen molar-refractivity contribution < 1.29 is 14.0 Å². The van der Waals surface area contributed by atoms with E-state index in [1.165, 1.54) is 0 Å². The summed E-state index contributed by atoms with van der Waals surface area (Å²) in [6, 6.07) is 9.67. The van der Waals surface area contributed by atoms with Crippen LogP contribution >= 0.6 is 7.14 Å². The standard InChI is InChI=1S/C18H23O3P/c1-3-12-20-14-17-10-11-18(15-21-13-4-2)22(17,19)16-8-6-5-7-9-16/h3-11,17-18H,1-2,12-15H2/t17-,18+,22?. The third-order valence-electron chi connectivity index (χ3n) is 3.75. The number of hydrogen-bond donors (Lipinski definition) is 0. The fraction of sp³-hybridized carbons (Fsp3) is 0.333. The van der Waals surface area contributed by atoms with Gasteiger partial charge in [0, 0.05) is 5.30 Å². The quantitative estimate of drug-likeness (QED) is 0.398. The maximum Gasteiger partial charge on any atom is 0.133 e. The van der Waals surface area contributed by atoms with Crippen molar-refractivity contribution in [2.45, 2.75) is 11.3 Å². The van der Waals surface area contributed by atoms with Crippen LogP contribution in [0.3, 0.4) is 0 Å². The Morgan fingerprint density at radius 3 is 1.91 bits per heavy atom. The highest BCUT2D eigenvalue weighted by molar-refractivity contribution is 7.73. The molecule has 118 valence electrons. The molecule has 3 atom stereocenters. The van der Waals surface area contributed by atoms with Crippen LogP contribution in [0.25, 0.3) is 0 Å². The van der Waals surface area contributed by atoms with Crippen molar-refractivity contribution in [2.24, 2.45) is 0 Å². The Kier molecular flexibility index (Phi) is 6.38. The minimum atomic E-state index is -2.65. The SMILES string of the molecule is C=CCOC[C@H]1C=C[C@@H](COCC=C)P1(=O)c1ccccc1. The first kappa shape index (κ1) is 17.0. The van der Waals surface area contributed by atoms with Gasteiger partial charge in [-0.1, -0.05) is 54.6 Å². The number of hydrogen-bond acceptors (Lipinski definition) is 3. The molecule has 0 aromatic heterocycles. The molecule has 1 heterocycles. The van der Waals surface area contributed by atoms with Gasteiger partial charge in [-0.15, -0.1) is 13.2 Å². The number of benzene rings is 1. The van der Waals surface area contributed by atoms with Gasteiger partial charge in [-0.3, -0.25) is 0 Å². The van der Waals surface area contributed by atoms with Crippen LogP contribution in [0, 0.1) is 0 Å². The summed E-state index contributed by atoms with van der Waals surface area (Å²) in [5.41, 5.74) is -0.209. The molecule has 22 heavy (non-hydrogen) atoms. The summed E-state index contributed by atoms with van der Waals surface area (Å²) in [6.45, 7) is 9.10. The maximum absolute atomic E-state index is 13.8. The second-order valence-electron chi connectivity index (χ2n) is 5.22. The summed E-state index contributed by atoms with van der Waals surface area (Å²) in [7, 11) is -2.65. The zero-order valence-corrected chi connectivity index (χ0v) is 13.7. The first-order valence-corrected chi connectivity index (χ1v) is 9.28. The molecular formula is C18H23O3P. The molecule has 3 nitrogen and oxygen atoms in total. The molecular weight excluding hydrogens is 295 g/mol. The lowest BCUT2D eigenvalue weighted by atomic mass is 10.3. The minimum Gasteiger partial charge on any atom is -0.376 e. The van der Waals surface area contributed by atoms with Crippen molar-refractivity contribution in [3.05, 3.63) is 67.8 Å². The summed E-state index contributed by atoms with van der Waals surface area (Å²) in [5, 5.41) is 0.888. The van der Waals surface area contributed by atoms with Gasteiger partial charge in [0.05, 0.1) is 37.7 Å². The zero-order valence-electron chi connectivity index (χ0n) is 12.8. The summed E-state index contributed by atoms with van der Waals surface area (Å²) >= 11 is 0. The van der Waals surface area contributed by atoms with Crippen LogP contribution < -0.4 is 5.30 Å². The second kappa shape index (κ2) is 8.28. The third kappa shape index (κ3) is 3.67. The molecule has 4 heteroatoms. The molecule has 0 bridgehead atoms. The van der Waals surface area contributed by atoms with Crippen LogP contribution in [0.4, 0.5) is 0 Å². The smallest absolute Gasteiger partial charge is 0.133 e. The molecule has 2 rings (SSSR count). The van der Waals surface area contributed by atoms with Crippen molar-refractivity contribution in [2.75, 3.05) is 26.4 Å². The van der Waals surface area contributed by atoms with Crippen LogP contribution in [0.1, 0.15) is 0 Å². The van der Waals surface area contributed by atoms with Crippen LogP contribution in [0.5, 0.6) is 0 Å². The molecule has 1 aromatic carbocycles. The highest BCUT2D eigenvalue weighted by Gasteiger charge is 2.43. The van der Waals surface area contributed by atoms with Crippen molar-refractivity contribution in [1.29, 1.82) is 0 Å². The zero-order chi connectivity index (χ0) is 15.8. The molecule has 0 saturated carbocycles. The Hall–Kier alpha value is -1.41. The van der Waals surface area contributed by atoms with E-state index in [0.717, 1.165) is 5.30 Å². The lowest BCUT2D eigenvalue weighted by Crippen LogP contribution is -2.26. The predicted octanol–water partition coefficient (Wildman–Crippen LogP) is 3.39. The normalized spacial score (nSPS) is 26.9. The summed E-state index contributed by atoms with van der Waals surface area (Å²) in [6.07, 6.45) is 7.44. The van der Waals surface area contributed by atoms with E-state index in [4.69, 9.17) is 9.47 Å². The van der Waals surface area contributed by atoms with Crippen LogP contribution in [0.2, 0.25) is 0 Å². The van der Waals surface area contributed by atoms with Gasteiger partial charge >= 0.3 is 0 Å². The van der Waals surface area contributed by atoms with Crippen molar-refractivity contribution in [3.63, 3.8) is 0 Å². The molecule has 1 aliphatic rings. The van der Waals surface area contributed by atoms with E-state index in [1.54, 1.807) is 12.2 Å². The van der Waals surface area contributed by atoms with Gasteiger partial charge in [0.15, 0.2) is 0 Å². The lowest BCUT2D eigenvalue weighted by Gasteiger charge is -2.26. The number of rotatable bonds is 9. The molecule has 0 radical (unpaired) electrons. The molecule has 0 saturated heterocycles. The average Bonchev–Trinajstić information content (AvgIpc) is 2.87. The monoisotopic (exact) mass is 318 g/mol. The van der Waals surface area contributed by atoms with E-state index in [9.17, 15) is 4.57 Å². The Bertz CT molecular complexity index is 537. The summed E-state index contributed by atoms with van der Waals surface area (Å²) in [5.74, 6) is 0.